The highest BCUT2D eigenvalue weighted by Gasteiger charge is 2.22. The van der Waals surface area contributed by atoms with Gasteiger partial charge in [0.15, 0.2) is 5.82 Å². The molecule has 0 radical (unpaired) electrons. The summed E-state index contributed by atoms with van der Waals surface area (Å²) in [5.41, 5.74) is 5.71. The molecular weight excluding hydrogens is 290 g/mol. The SMILES string of the molecule is CC(C)(C)OC(=Nc1nccc2cc(N)ccc12)OC(C)(C)C. The molecule has 124 valence electrons. The Labute approximate surface area is 137 Å². The molecule has 0 saturated heterocycles. The van der Waals surface area contributed by atoms with Crippen LogP contribution in [0.4, 0.5) is 11.5 Å². The highest BCUT2D eigenvalue weighted by molar-refractivity contribution is 5.94. The van der Waals surface area contributed by atoms with Crippen LogP contribution in [0.3, 0.4) is 0 Å². The third-order valence-electron chi connectivity index (χ3n) is 2.75. The number of rotatable bonds is 1. The molecule has 0 unspecified atom stereocenters. The number of aliphatic imine (C=N–C) groups is 1. The fourth-order valence-corrected chi connectivity index (χ4v) is 1.95. The Hall–Kier alpha value is -2.30. The maximum Gasteiger partial charge on any atom is 0.391 e. The van der Waals surface area contributed by atoms with Gasteiger partial charge in [0.1, 0.15) is 11.2 Å². The van der Waals surface area contributed by atoms with Crippen molar-refractivity contribution in [2.24, 2.45) is 4.99 Å². The van der Waals surface area contributed by atoms with Crippen molar-refractivity contribution in [1.29, 1.82) is 0 Å². The number of hydrogen-bond acceptors (Lipinski definition) is 5. The molecule has 2 N–H and O–H groups in total. The molecule has 5 nitrogen and oxygen atoms in total. The lowest BCUT2D eigenvalue weighted by molar-refractivity contribution is 0.00978. The third-order valence-corrected chi connectivity index (χ3v) is 2.75. The second-order valence-corrected chi connectivity index (χ2v) is 7.42. The minimum Gasteiger partial charge on any atom is -0.445 e. The van der Waals surface area contributed by atoms with Crippen LogP contribution >= 0.6 is 0 Å². The minimum absolute atomic E-state index is 0.210. The van der Waals surface area contributed by atoms with Gasteiger partial charge in [-0.25, -0.2) is 4.98 Å². The maximum atomic E-state index is 5.85. The van der Waals surface area contributed by atoms with E-state index in [-0.39, 0.29) is 6.08 Å². The summed E-state index contributed by atoms with van der Waals surface area (Å²) >= 11 is 0. The van der Waals surface area contributed by atoms with E-state index in [1.807, 2.05) is 65.8 Å². The Morgan fingerprint density at radius 3 is 2.17 bits per heavy atom. The van der Waals surface area contributed by atoms with Crippen LogP contribution in [0.5, 0.6) is 0 Å². The summed E-state index contributed by atoms with van der Waals surface area (Å²) in [5, 5.41) is 1.87. The average Bonchev–Trinajstić information content (AvgIpc) is 2.34. The van der Waals surface area contributed by atoms with E-state index in [4.69, 9.17) is 15.2 Å². The van der Waals surface area contributed by atoms with Crippen LogP contribution in [-0.2, 0) is 9.47 Å². The van der Waals surface area contributed by atoms with Crippen LogP contribution in [0, 0.1) is 0 Å². The average molecular weight is 315 g/mol. The molecule has 5 heteroatoms. The molecule has 23 heavy (non-hydrogen) atoms. The topological polar surface area (TPSA) is 69.7 Å². The second-order valence-electron chi connectivity index (χ2n) is 7.42. The van der Waals surface area contributed by atoms with Gasteiger partial charge in [0.25, 0.3) is 0 Å². The van der Waals surface area contributed by atoms with Crippen LogP contribution in [0.25, 0.3) is 10.8 Å². The molecule has 0 spiro atoms. The first-order valence-corrected chi connectivity index (χ1v) is 7.64. The molecule has 0 amide bonds. The summed E-state index contributed by atoms with van der Waals surface area (Å²) in [4.78, 5) is 8.86. The van der Waals surface area contributed by atoms with Crippen molar-refractivity contribution < 1.29 is 9.47 Å². The lowest BCUT2D eigenvalue weighted by Crippen LogP contribution is -2.31. The smallest absolute Gasteiger partial charge is 0.391 e. The van der Waals surface area contributed by atoms with Crippen molar-refractivity contribution in [1.82, 2.24) is 4.98 Å². The fraction of sp³-hybridized carbons (Fsp3) is 0.444. The first-order chi connectivity index (χ1) is 10.5. The lowest BCUT2D eigenvalue weighted by Gasteiger charge is -2.27. The van der Waals surface area contributed by atoms with E-state index >= 15 is 0 Å². The Morgan fingerprint density at radius 1 is 1.00 bits per heavy atom. The van der Waals surface area contributed by atoms with E-state index < -0.39 is 11.2 Å². The summed E-state index contributed by atoms with van der Waals surface area (Å²) < 4.78 is 11.7. The van der Waals surface area contributed by atoms with E-state index in [2.05, 4.69) is 9.98 Å². The van der Waals surface area contributed by atoms with Crippen LogP contribution in [-0.4, -0.2) is 22.3 Å². The fourth-order valence-electron chi connectivity index (χ4n) is 1.95. The van der Waals surface area contributed by atoms with Gasteiger partial charge in [0.2, 0.25) is 0 Å². The third kappa shape index (κ3) is 5.13. The summed E-state index contributed by atoms with van der Waals surface area (Å²) in [7, 11) is 0. The van der Waals surface area contributed by atoms with Crippen LogP contribution in [0.15, 0.2) is 35.5 Å². The zero-order valence-corrected chi connectivity index (χ0v) is 14.7. The molecule has 2 rings (SSSR count). The molecule has 1 aromatic carbocycles. The van der Waals surface area contributed by atoms with Crippen molar-refractivity contribution >= 4 is 28.4 Å². The molecular formula is C18H25N3O2. The first-order valence-electron chi connectivity index (χ1n) is 7.64. The van der Waals surface area contributed by atoms with Gasteiger partial charge < -0.3 is 15.2 Å². The van der Waals surface area contributed by atoms with Gasteiger partial charge in [-0.1, -0.05) is 0 Å². The zero-order chi connectivity index (χ0) is 17.3. The van der Waals surface area contributed by atoms with Gasteiger partial charge >= 0.3 is 6.08 Å². The molecule has 0 saturated carbocycles. The van der Waals surface area contributed by atoms with E-state index in [1.54, 1.807) is 6.20 Å². The normalized spacial score (nSPS) is 12.1. The van der Waals surface area contributed by atoms with E-state index in [1.165, 1.54) is 0 Å². The number of nitrogens with two attached hydrogens (primary N) is 1. The maximum absolute atomic E-state index is 5.85. The number of pyridine rings is 1. The molecule has 1 aromatic heterocycles. The quantitative estimate of drug-likeness (QED) is 0.480. The van der Waals surface area contributed by atoms with Crippen molar-refractivity contribution in [2.45, 2.75) is 52.7 Å². The van der Waals surface area contributed by atoms with Crippen LogP contribution < -0.4 is 5.73 Å². The zero-order valence-electron chi connectivity index (χ0n) is 14.7. The molecule has 0 aliphatic rings. The van der Waals surface area contributed by atoms with Crippen LogP contribution in [0.2, 0.25) is 0 Å². The van der Waals surface area contributed by atoms with Crippen molar-refractivity contribution in [2.75, 3.05) is 5.73 Å². The number of anilines is 1. The number of hydrogen-bond donors (Lipinski definition) is 1. The number of nitrogen functional groups attached to an aromatic ring is 1. The Bertz CT molecular complexity index is 707. The van der Waals surface area contributed by atoms with Gasteiger partial charge in [0, 0.05) is 17.3 Å². The van der Waals surface area contributed by atoms with Gasteiger partial charge in [-0.3, -0.25) is 0 Å². The Kier molecular flexibility index (Phi) is 4.50. The summed E-state index contributed by atoms with van der Waals surface area (Å²) in [6.07, 6.45) is 1.91. The minimum atomic E-state index is -0.418. The van der Waals surface area contributed by atoms with Crippen molar-refractivity contribution in [3.05, 3.63) is 30.5 Å². The number of aromatic nitrogens is 1. The predicted octanol–water partition coefficient (Wildman–Crippen LogP) is 4.43. The molecule has 0 bridgehead atoms. The largest absolute Gasteiger partial charge is 0.445 e. The highest BCUT2D eigenvalue weighted by Crippen LogP contribution is 2.26. The monoisotopic (exact) mass is 315 g/mol. The highest BCUT2D eigenvalue weighted by atomic mass is 16.7. The van der Waals surface area contributed by atoms with E-state index in [0.29, 0.717) is 11.5 Å². The predicted molar refractivity (Wildman–Crippen MR) is 94.9 cm³/mol. The van der Waals surface area contributed by atoms with Gasteiger partial charge in [-0.2, -0.15) is 4.99 Å². The summed E-state index contributed by atoms with van der Waals surface area (Å²) in [6.45, 7) is 11.7. The van der Waals surface area contributed by atoms with Crippen molar-refractivity contribution in [3.63, 3.8) is 0 Å². The molecule has 2 aromatic rings. The molecule has 0 aliphatic heterocycles. The van der Waals surface area contributed by atoms with Gasteiger partial charge in [-0.05, 0) is 71.2 Å². The first kappa shape index (κ1) is 17.1. The van der Waals surface area contributed by atoms with E-state index in [0.717, 1.165) is 10.8 Å². The number of benzene rings is 1. The lowest BCUT2D eigenvalue weighted by atomic mass is 10.1. The van der Waals surface area contributed by atoms with E-state index in [9.17, 15) is 0 Å². The molecule has 1 heterocycles. The van der Waals surface area contributed by atoms with Gasteiger partial charge in [-0.15, -0.1) is 0 Å². The van der Waals surface area contributed by atoms with Gasteiger partial charge in [0.05, 0.1) is 0 Å². The molecule has 0 atom stereocenters. The number of fused-ring (bicyclic) bond motifs is 1. The van der Waals surface area contributed by atoms with Crippen molar-refractivity contribution in [3.8, 4) is 0 Å². The molecule has 0 aliphatic carbocycles. The summed E-state index contributed by atoms with van der Waals surface area (Å²) in [5.74, 6) is 0.547. The van der Waals surface area contributed by atoms with Crippen LogP contribution in [0.1, 0.15) is 41.5 Å². The molecule has 0 fully saturated rings. The number of ether oxygens (including phenoxy) is 2. The Balaban J connectivity index is 2.49. The second kappa shape index (κ2) is 6.07. The Morgan fingerprint density at radius 2 is 1.61 bits per heavy atom. The number of nitrogens with zero attached hydrogens (tertiary/aromatic N) is 2. The summed E-state index contributed by atoms with van der Waals surface area (Å²) in [6, 6.07) is 7.53. The standard InChI is InChI=1S/C18H25N3O2/c1-17(2,3)22-16(23-18(4,5)6)21-15-14-8-7-13(19)11-12(14)9-10-20-15/h7-11H,19H2,1-6H3.